The number of nitrogens with zero attached hydrogens (tertiary/aromatic N) is 2. The van der Waals surface area contributed by atoms with Crippen molar-refractivity contribution in [3.05, 3.63) is 65.5 Å². The van der Waals surface area contributed by atoms with Crippen molar-refractivity contribution in [1.29, 1.82) is 0 Å². The summed E-state index contributed by atoms with van der Waals surface area (Å²) in [5.41, 5.74) is 3.87. The maximum absolute atomic E-state index is 13.0. The lowest BCUT2D eigenvalue weighted by molar-refractivity contribution is 0.102. The van der Waals surface area contributed by atoms with Crippen LogP contribution in [0, 0.1) is 6.92 Å². The van der Waals surface area contributed by atoms with Crippen LogP contribution in [0.25, 0.3) is 22.6 Å². The van der Waals surface area contributed by atoms with Crippen LogP contribution in [0.15, 0.2) is 57.7 Å². The van der Waals surface area contributed by atoms with Gasteiger partial charge in [-0.3, -0.25) is 4.79 Å². The molecule has 4 aromatic rings. The van der Waals surface area contributed by atoms with Gasteiger partial charge in [-0.25, -0.2) is 4.98 Å². The molecule has 0 aliphatic rings. The number of nitrogens with one attached hydrogen (secondary N) is 1. The number of furan rings is 1. The zero-order chi connectivity index (χ0) is 19.7. The van der Waals surface area contributed by atoms with E-state index in [-0.39, 0.29) is 5.91 Å². The van der Waals surface area contributed by atoms with E-state index in [0.717, 1.165) is 12.1 Å². The Bertz CT molecular complexity index is 1110. The minimum Gasteiger partial charge on any atom is -0.463 e. The Morgan fingerprint density at radius 2 is 2.00 bits per heavy atom. The number of fused-ring (bicyclic) bond motifs is 1. The van der Waals surface area contributed by atoms with Crippen LogP contribution in [-0.2, 0) is 0 Å². The van der Waals surface area contributed by atoms with Gasteiger partial charge in [-0.1, -0.05) is 31.1 Å². The Morgan fingerprint density at radius 1 is 1.21 bits per heavy atom. The quantitative estimate of drug-likeness (QED) is 0.494. The van der Waals surface area contributed by atoms with Gasteiger partial charge in [0, 0.05) is 5.69 Å². The summed E-state index contributed by atoms with van der Waals surface area (Å²) in [6.45, 7) is 6.14. The van der Waals surface area contributed by atoms with E-state index in [2.05, 4.69) is 29.3 Å². The highest BCUT2D eigenvalue weighted by atomic mass is 16.5. The van der Waals surface area contributed by atoms with Crippen LogP contribution < -0.4 is 5.32 Å². The van der Waals surface area contributed by atoms with Gasteiger partial charge in [0.2, 0.25) is 0 Å². The smallest absolute Gasteiger partial charge is 0.259 e. The molecular formula is C22H21N3O3. The first-order chi connectivity index (χ1) is 13.6. The normalized spacial score (nSPS) is 12.2. The van der Waals surface area contributed by atoms with E-state index in [4.69, 9.17) is 8.94 Å². The molecule has 0 radical (unpaired) electrons. The number of carbonyl (C=O) groups excluding carboxylic acids is 1. The summed E-state index contributed by atoms with van der Waals surface area (Å²) < 4.78 is 10.7. The molecule has 28 heavy (non-hydrogen) atoms. The van der Waals surface area contributed by atoms with Crippen LogP contribution in [0.4, 0.5) is 5.69 Å². The van der Waals surface area contributed by atoms with Crippen LogP contribution in [0.5, 0.6) is 0 Å². The molecule has 1 unspecified atom stereocenters. The van der Waals surface area contributed by atoms with E-state index in [1.807, 2.05) is 24.3 Å². The molecule has 1 aromatic carbocycles. The summed E-state index contributed by atoms with van der Waals surface area (Å²) in [6, 6.07) is 13.2. The first kappa shape index (κ1) is 18.0. The summed E-state index contributed by atoms with van der Waals surface area (Å²) in [7, 11) is 0. The number of rotatable bonds is 5. The summed E-state index contributed by atoms with van der Waals surface area (Å²) in [5.74, 6) is 0.797. The fourth-order valence-corrected chi connectivity index (χ4v) is 3.15. The number of pyridine rings is 1. The van der Waals surface area contributed by atoms with Crippen molar-refractivity contribution in [2.24, 2.45) is 0 Å². The third-order valence-electron chi connectivity index (χ3n) is 4.99. The Labute approximate surface area is 162 Å². The highest BCUT2D eigenvalue weighted by Crippen LogP contribution is 2.28. The highest BCUT2D eigenvalue weighted by molar-refractivity contribution is 6.12. The third-order valence-corrected chi connectivity index (χ3v) is 4.99. The molecule has 0 bridgehead atoms. The van der Waals surface area contributed by atoms with Gasteiger partial charge in [0.05, 0.1) is 22.9 Å². The molecule has 0 aliphatic heterocycles. The SMILES string of the molecule is CCC(C)c1ccc(NC(=O)c2cc(-c3ccco3)nc3onc(C)c23)cc1. The lowest BCUT2D eigenvalue weighted by Crippen LogP contribution is -2.13. The van der Waals surface area contributed by atoms with Crippen molar-refractivity contribution in [3.8, 4) is 11.5 Å². The molecule has 1 amide bonds. The summed E-state index contributed by atoms with van der Waals surface area (Å²) in [6.07, 6.45) is 2.63. The summed E-state index contributed by atoms with van der Waals surface area (Å²) >= 11 is 0. The van der Waals surface area contributed by atoms with E-state index in [0.29, 0.717) is 39.7 Å². The molecule has 4 rings (SSSR count). The van der Waals surface area contributed by atoms with Gasteiger partial charge >= 0.3 is 0 Å². The standard InChI is InChI=1S/C22H21N3O3/c1-4-13(2)15-7-9-16(10-8-15)23-21(26)17-12-18(19-6-5-11-27-19)24-22-20(17)14(3)25-28-22/h5-13H,4H2,1-3H3,(H,23,26). The summed E-state index contributed by atoms with van der Waals surface area (Å²) in [4.78, 5) is 17.5. The molecule has 3 aromatic heterocycles. The van der Waals surface area contributed by atoms with Crippen molar-refractivity contribution < 1.29 is 13.7 Å². The lowest BCUT2D eigenvalue weighted by Gasteiger charge is -2.11. The fourth-order valence-electron chi connectivity index (χ4n) is 3.15. The van der Waals surface area contributed by atoms with Crippen molar-refractivity contribution in [3.63, 3.8) is 0 Å². The van der Waals surface area contributed by atoms with E-state index < -0.39 is 0 Å². The average molecular weight is 375 g/mol. The van der Waals surface area contributed by atoms with Crippen LogP contribution in [0.1, 0.15) is 47.8 Å². The molecule has 0 aliphatic carbocycles. The van der Waals surface area contributed by atoms with Gasteiger partial charge in [0.15, 0.2) is 5.76 Å². The van der Waals surface area contributed by atoms with Crippen LogP contribution in [-0.4, -0.2) is 16.0 Å². The Balaban J connectivity index is 1.69. The average Bonchev–Trinajstić information content (AvgIpc) is 3.37. The molecule has 1 N–H and O–H groups in total. The predicted molar refractivity (Wildman–Crippen MR) is 107 cm³/mol. The van der Waals surface area contributed by atoms with Gasteiger partial charge in [0.1, 0.15) is 5.69 Å². The number of benzene rings is 1. The molecule has 3 heterocycles. The van der Waals surface area contributed by atoms with E-state index in [9.17, 15) is 4.79 Å². The van der Waals surface area contributed by atoms with Crippen LogP contribution in [0.3, 0.4) is 0 Å². The van der Waals surface area contributed by atoms with Crippen molar-refractivity contribution in [2.45, 2.75) is 33.1 Å². The van der Waals surface area contributed by atoms with Gasteiger partial charge in [0.25, 0.3) is 11.6 Å². The van der Waals surface area contributed by atoms with Crippen molar-refractivity contribution >= 4 is 22.7 Å². The number of hydrogen-bond donors (Lipinski definition) is 1. The molecule has 142 valence electrons. The Kier molecular flexibility index (Phi) is 4.69. The first-order valence-corrected chi connectivity index (χ1v) is 9.29. The minimum atomic E-state index is -0.247. The molecule has 6 nitrogen and oxygen atoms in total. The predicted octanol–water partition coefficient (Wildman–Crippen LogP) is 5.56. The fraction of sp³-hybridized carbons (Fsp3) is 0.227. The zero-order valence-electron chi connectivity index (χ0n) is 16.0. The van der Waals surface area contributed by atoms with Crippen molar-refractivity contribution in [2.75, 3.05) is 5.32 Å². The minimum absolute atomic E-state index is 0.247. The molecule has 0 saturated heterocycles. The Morgan fingerprint density at radius 3 is 2.68 bits per heavy atom. The van der Waals surface area contributed by atoms with Gasteiger partial charge in [-0.2, -0.15) is 0 Å². The van der Waals surface area contributed by atoms with E-state index >= 15 is 0 Å². The molecule has 0 saturated carbocycles. The second-order valence-corrected chi connectivity index (χ2v) is 6.87. The molecular weight excluding hydrogens is 354 g/mol. The largest absolute Gasteiger partial charge is 0.463 e. The number of hydrogen-bond acceptors (Lipinski definition) is 5. The summed E-state index contributed by atoms with van der Waals surface area (Å²) in [5, 5.41) is 7.52. The number of amides is 1. The third kappa shape index (κ3) is 3.29. The molecule has 6 heteroatoms. The number of aromatic nitrogens is 2. The topological polar surface area (TPSA) is 81.2 Å². The van der Waals surface area contributed by atoms with Gasteiger partial charge < -0.3 is 14.3 Å². The first-order valence-electron chi connectivity index (χ1n) is 9.29. The van der Waals surface area contributed by atoms with E-state index in [1.54, 1.807) is 31.4 Å². The molecule has 0 fully saturated rings. The van der Waals surface area contributed by atoms with Gasteiger partial charge in [-0.05, 0) is 55.2 Å². The van der Waals surface area contributed by atoms with Crippen LogP contribution in [0.2, 0.25) is 0 Å². The second-order valence-electron chi connectivity index (χ2n) is 6.87. The number of aryl methyl sites for hydroxylation is 1. The van der Waals surface area contributed by atoms with Crippen LogP contribution >= 0.6 is 0 Å². The highest BCUT2D eigenvalue weighted by Gasteiger charge is 2.20. The number of anilines is 1. The van der Waals surface area contributed by atoms with Gasteiger partial charge in [-0.15, -0.1) is 0 Å². The molecule has 0 spiro atoms. The Hall–Kier alpha value is -3.41. The second kappa shape index (κ2) is 7.31. The van der Waals surface area contributed by atoms with Crippen molar-refractivity contribution in [1.82, 2.24) is 10.1 Å². The maximum Gasteiger partial charge on any atom is 0.259 e. The van der Waals surface area contributed by atoms with E-state index in [1.165, 1.54) is 5.56 Å². The monoisotopic (exact) mass is 375 g/mol. The number of carbonyl (C=O) groups is 1. The maximum atomic E-state index is 13.0. The molecule has 1 atom stereocenters. The zero-order valence-corrected chi connectivity index (χ0v) is 16.0. The lowest BCUT2D eigenvalue weighted by atomic mass is 9.98.